The fourth-order valence-corrected chi connectivity index (χ4v) is 4.52. The summed E-state index contributed by atoms with van der Waals surface area (Å²) < 4.78 is 22.6. The molecule has 9 nitrogen and oxygen atoms in total. The van der Waals surface area contributed by atoms with E-state index in [1.807, 2.05) is 41.3 Å². The Balaban J connectivity index is 1.33. The van der Waals surface area contributed by atoms with Gasteiger partial charge in [-0.1, -0.05) is 26.0 Å². The molecule has 1 aromatic heterocycles. The number of carbonyl (C=O) groups excluding carboxylic acids is 1. The van der Waals surface area contributed by atoms with Crippen molar-refractivity contribution < 1.29 is 23.7 Å². The Morgan fingerprint density at radius 3 is 2.37 bits per heavy atom. The lowest BCUT2D eigenvalue weighted by Crippen LogP contribution is -2.54. The van der Waals surface area contributed by atoms with Gasteiger partial charge in [0.15, 0.2) is 23.0 Å². The predicted octanol–water partition coefficient (Wildman–Crippen LogP) is 3.26. The lowest BCUT2D eigenvalue weighted by atomic mass is 10.0. The number of rotatable bonds is 5. The molecule has 0 aliphatic carbocycles. The van der Waals surface area contributed by atoms with E-state index in [0.29, 0.717) is 55.1 Å². The van der Waals surface area contributed by atoms with Crippen LogP contribution in [0.15, 0.2) is 36.4 Å². The normalized spacial score (nSPS) is 17.6. The van der Waals surface area contributed by atoms with Crippen LogP contribution in [0.1, 0.15) is 25.5 Å². The van der Waals surface area contributed by atoms with Gasteiger partial charge in [-0.3, -0.25) is 4.79 Å². The highest BCUT2D eigenvalue weighted by molar-refractivity contribution is 5.86. The SMILES string of the molecule is COc1cc2nc(N3CCN(C(=O)C4COc5ccccc5O4)CC3)nc(C(C)C)c2cc1OC. The molecule has 184 valence electrons. The first kappa shape index (κ1) is 23.0. The van der Waals surface area contributed by atoms with E-state index in [2.05, 4.69) is 18.7 Å². The van der Waals surface area contributed by atoms with Gasteiger partial charge in [0, 0.05) is 37.6 Å². The number of aromatic nitrogens is 2. The van der Waals surface area contributed by atoms with Gasteiger partial charge in [0.05, 0.1) is 25.4 Å². The first-order chi connectivity index (χ1) is 17.0. The van der Waals surface area contributed by atoms with Gasteiger partial charge in [0.25, 0.3) is 5.91 Å². The molecule has 0 N–H and O–H groups in total. The number of para-hydroxylation sites is 2. The number of piperazine rings is 1. The summed E-state index contributed by atoms with van der Waals surface area (Å²) in [5.74, 6) is 3.36. The monoisotopic (exact) mass is 478 g/mol. The molecule has 0 radical (unpaired) electrons. The van der Waals surface area contributed by atoms with Crippen LogP contribution in [0.25, 0.3) is 10.9 Å². The van der Waals surface area contributed by atoms with Crippen molar-refractivity contribution in [3.63, 3.8) is 0 Å². The fraction of sp³-hybridized carbons (Fsp3) is 0.423. The highest BCUT2D eigenvalue weighted by Crippen LogP contribution is 2.35. The molecule has 2 aliphatic heterocycles. The minimum atomic E-state index is -0.636. The van der Waals surface area contributed by atoms with Crippen molar-refractivity contribution in [2.24, 2.45) is 0 Å². The maximum atomic E-state index is 13.1. The Kier molecular flexibility index (Phi) is 6.23. The Bertz CT molecular complexity index is 1240. The average Bonchev–Trinajstić information content (AvgIpc) is 2.90. The molecule has 1 saturated heterocycles. The number of anilines is 1. The second-order valence-electron chi connectivity index (χ2n) is 8.96. The van der Waals surface area contributed by atoms with Gasteiger partial charge in [-0.15, -0.1) is 0 Å². The van der Waals surface area contributed by atoms with E-state index in [-0.39, 0.29) is 18.4 Å². The van der Waals surface area contributed by atoms with Gasteiger partial charge in [0.1, 0.15) is 6.61 Å². The van der Waals surface area contributed by atoms with Crippen molar-refractivity contribution in [2.75, 3.05) is 51.9 Å². The number of fused-ring (bicyclic) bond motifs is 2. The molecular formula is C26H30N4O5. The van der Waals surface area contributed by atoms with Crippen LogP contribution in [-0.2, 0) is 4.79 Å². The molecule has 3 heterocycles. The maximum Gasteiger partial charge on any atom is 0.267 e. The van der Waals surface area contributed by atoms with Gasteiger partial charge in [-0.2, -0.15) is 0 Å². The molecule has 1 amide bonds. The lowest BCUT2D eigenvalue weighted by molar-refractivity contribution is -0.141. The summed E-state index contributed by atoms with van der Waals surface area (Å²) in [4.78, 5) is 26.8. The quantitative estimate of drug-likeness (QED) is 0.552. The number of hydrogen-bond donors (Lipinski definition) is 0. The third-order valence-electron chi connectivity index (χ3n) is 6.42. The molecule has 3 aromatic rings. The summed E-state index contributed by atoms with van der Waals surface area (Å²) in [5.41, 5.74) is 1.76. The van der Waals surface area contributed by atoms with Crippen LogP contribution < -0.4 is 23.8 Å². The lowest BCUT2D eigenvalue weighted by Gasteiger charge is -2.37. The third kappa shape index (κ3) is 4.38. The van der Waals surface area contributed by atoms with Crippen LogP contribution >= 0.6 is 0 Å². The van der Waals surface area contributed by atoms with Gasteiger partial charge in [0.2, 0.25) is 12.1 Å². The van der Waals surface area contributed by atoms with E-state index in [9.17, 15) is 4.79 Å². The van der Waals surface area contributed by atoms with Crippen LogP contribution in [0.5, 0.6) is 23.0 Å². The molecule has 0 spiro atoms. The van der Waals surface area contributed by atoms with E-state index >= 15 is 0 Å². The van der Waals surface area contributed by atoms with Crippen LogP contribution in [0.4, 0.5) is 5.95 Å². The summed E-state index contributed by atoms with van der Waals surface area (Å²) in [6.07, 6.45) is -0.636. The number of methoxy groups -OCH3 is 2. The molecule has 9 heteroatoms. The van der Waals surface area contributed by atoms with Gasteiger partial charge in [-0.25, -0.2) is 9.97 Å². The number of ether oxygens (including phenoxy) is 4. The zero-order chi connectivity index (χ0) is 24.5. The highest BCUT2D eigenvalue weighted by atomic mass is 16.6. The van der Waals surface area contributed by atoms with Crippen molar-refractivity contribution in [3.05, 3.63) is 42.1 Å². The second kappa shape index (κ2) is 9.48. The topological polar surface area (TPSA) is 86.3 Å². The van der Waals surface area contributed by atoms with E-state index in [0.717, 1.165) is 16.6 Å². The molecule has 0 saturated carbocycles. The number of hydrogen-bond acceptors (Lipinski definition) is 8. The van der Waals surface area contributed by atoms with Crippen molar-refractivity contribution in [1.82, 2.24) is 14.9 Å². The van der Waals surface area contributed by atoms with E-state index in [1.165, 1.54) is 0 Å². The Morgan fingerprint density at radius 1 is 1.00 bits per heavy atom. The van der Waals surface area contributed by atoms with Crippen LogP contribution in [0, 0.1) is 0 Å². The van der Waals surface area contributed by atoms with E-state index in [4.69, 9.17) is 28.9 Å². The molecule has 1 unspecified atom stereocenters. The van der Waals surface area contributed by atoms with Gasteiger partial charge in [-0.05, 0) is 24.1 Å². The van der Waals surface area contributed by atoms with Crippen LogP contribution in [0.3, 0.4) is 0 Å². The Hall–Kier alpha value is -3.75. The number of nitrogens with zero attached hydrogens (tertiary/aromatic N) is 4. The van der Waals surface area contributed by atoms with Gasteiger partial charge >= 0.3 is 0 Å². The zero-order valence-corrected chi connectivity index (χ0v) is 20.5. The summed E-state index contributed by atoms with van der Waals surface area (Å²) in [7, 11) is 3.24. The van der Waals surface area contributed by atoms with Crippen LogP contribution in [-0.4, -0.2) is 73.9 Å². The number of carbonyl (C=O) groups is 1. The molecule has 0 bridgehead atoms. The number of benzene rings is 2. The molecule has 2 aromatic carbocycles. The summed E-state index contributed by atoms with van der Waals surface area (Å²) >= 11 is 0. The number of amides is 1. The Morgan fingerprint density at radius 2 is 1.69 bits per heavy atom. The third-order valence-corrected chi connectivity index (χ3v) is 6.42. The van der Waals surface area contributed by atoms with E-state index < -0.39 is 6.10 Å². The second-order valence-corrected chi connectivity index (χ2v) is 8.96. The maximum absolute atomic E-state index is 13.1. The Labute approximate surface area is 204 Å². The van der Waals surface area contributed by atoms with Crippen molar-refractivity contribution in [3.8, 4) is 23.0 Å². The summed E-state index contributed by atoms with van der Waals surface area (Å²) in [5, 5.41) is 0.949. The molecular weight excluding hydrogens is 448 g/mol. The van der Waals surface area contributed by atoms with Crippen LogP contribution in [0.2, 0.25) is 0 Å². The fourth-order valence-electron chi connectivity index (χ4n) is 4.52. The zero-order valence-electron chi connectivity index (χ0n) is 20.5. The molecule has 1 atom stereocenters. The van der Waals surface area contributed by atoms with Gasteiger partial charge < -0.3 is 28.7 Å². The first-order valence-corrected chi connectivity index (χ1v) is 11.8. The molecule has 35 heavy (non-hydrogen) atoms. The summed E-state index contributed by atoms with van der Waals surface area (Å²) in [6, 6.07) is 11.2. The van der Waals surface area contributed by atoms with Crippen molar-refractivity contribution >= 4 is 22.8 Å². The molecule has 1 fully saturated rings. The molecule has 2 aliphatic rings. The van der Waals surface area contributed by atoms with E-state index in [1.54, 1.807) is 14.2 Å². The predicted molar refractivity (Wildman–Crippen MR) is 132 cm³/mol. The first-order valence-electron chi connectivity index (χ1n) is 11.8. The minimum Gasteiger partial charge on any atom is -0.493 e. The largest absolute Gasteiger partial charge is 0.493 e. The van der Waals surface area contributed by atoms with Crippen molar-refractivity contribution in [2.45, 2.75) is 25.9 Å². The van der Waals surface area contributed by atoms with Crippen molar-refractivity contribution in [1.29, 1.82) is 0 Å². The standard InChI is InChI=1S/C26H30N4O5/c1-16(2)24-17-13-21(32-3)22(33-4)14-18(17)27-26(28-24)30-11-9-29(10-12-30)25(31)23-15-34-19-7-5-6-8-20(19)35-23/h5-8,13-14,16,23H,9-12,15H2,1-4H3. The highest BCUT2D eigenvalue weighted by Gasteiger charge is 2.33. The summed E-state index contributed by atoms with van der Waals surface area (Å²) in [6.45, 7) is 6.83. The average molecular weight is 479 g/mol. The smallest absolute Gasteiger partial charge is 0.267 e. The minimum absolute atomic E-state index is 0.0571. The molecule has 5 rings (SSSR count).